The molecular weight excluding hydrogens is 851 g/mol. The summed E-state index contributed by atoms with van der Waals surface area (Å²) in [7, 11) is 0. The molecule has 19 atom stereocenters. The van der Waals surface area contributed by atoms with Gasteiger partial charge in [-0.05, 0) is 33.1 Å². The van der Waals surface area contributed by atoms with Crippen molar-refractivity contribution in [3.05, 3.63) is 85.1 Å². The summed E-state index contributed by atoms with van der Waals surface area (Å²) >= 11 is 0. The number of carboxylic acids is 1. The van der Waals surface area contributed by atoms with E-state index in [4.69, 9.17) is 24.7 Å². The summed E-state index contributed by atoms with van der Waals surface area (Å²) in [5.74, 6) is -6.83. The number of aliphatic hydroxyl groups is 10. The maximum Gasteiger partial charge on any atom is 0.311 e. The van der Waals surface area contributed by atoms with E-state index in [-0.39, 0.29) is 31.6 Å². The van der Waals surface area contributed by atoms with E-state index in [2.05, 4.69) is 0 Å². The van der Waals surface area contributed by atoms with Crippen molar-refractivity contribution in [3.63, 3.8) is 0 Å². The molecule has 3 heterocycles. The topological polar surface area (TPSA) is 320 Å². The Kier molecular flexibility index (Phi) is 23.6. The van der Waals surface area contributed by atoms with Gasteiger partial charge in [-0.2, -0.15) is 0 Å². The van der Waals surface area contributed by atoms with Crippen LogP contribution >= 0.6 is 0 Å². The molecule has 0 saturated carbocycles. The number of rotatable bonds is 3. The first-order valence-corrected chi connectivity index (χ1v) is 22.3. The largest absolute Gasteiger partial charge is 0.481 e. The second-order valence-corrected chi connectivity index (χ2v) is 17.6. The summed E-state index contributed by atoms with van der Waals surface area (Å²) in [6, 6.07) is -1.15. The number of aliphatic carboxylic acids is 1. The van der Waals surface area contributed by atoms with Gasteiger partial charge in [0.05, 0.1) is 79.6 Å². The van der Waals surface area contributed by atoms with Crippen LogP contribution in [0.4, 0.5) is 0 Å². The van der Waals surface area contributed by atoms with Gasteiger partial charge in [0.1, 0.15) is 18.1 Å². The Morgan fingerprint density at radius 3 is 1.82 bits per heavy atom. The minimum Gasteiger partial charge on any atom is -0.481 e. The van der Waals surface area contributed by atoms with Gasteiger partial charge in [0.15, 0.2) is 12.1 Å². The molecule has 0 aromatic carbocycles. The smallest absolute Gasteiger partial charge is 0.311 e. The minimum absolute atomic E-state index is 0.107. The third-order valence-corrected chi connectivity index (χ3v) is 12.0. The van der Waals surface area contributed by atoms with Crippen LogP contribution in [0.25, 0.3) is 0 Å². The normalized spacial score (nSPS) is 42.0. The third-order valence-electron chi connectivity index (χ3n) is 12.0. The number of carboxylic acid groups (broad SMARTS) is 1. The average Bonchev–Trinajstić information content (AvgIpc) is 3.21. The molecule has 0 aromatic rings. The molecule has 0 radical (unpaired) electrons. The van der Waals surface area contributed by atoms with Crippen molar-refractivity contribution in [2.45, 2.75) is 177 Å². The van der Waals surface area contributed by atoms with Crippen molar-refractivity contribution in [2.24, 2.45) is 23.5 Å². The first-order chi connectivity index (χ1) is 30.6. The summed E-state index contributed by atoms with van der Waals surface area (Å²) in [4.78, 5) is 25.1. The van der Waals surface area contributed by atoms with E-state index in [9.17, 15) is 65.8 Å². The van der Waals surface area contributed by atoms with Crippen LogP contribution in [0.5, 0.6) is 0 Å². The van der Waals surface area contributed by atoms with Crippen LogP contribution in [0, 0.1) is 17.8 Å². The fourth-order valence-electron chi connectivity index (χ4n) is 7.97. The second kappa shape index (κ2) is 27.4. The molecule has 0 unspecified atom stereocenters. The molecule has 2 fully saturated rings. The molecular formula is C47H73NO17. The van der Waals surface area contributed by atoms with Crippen molar-refractivity contribution in [1.82, 2.24) is 0 Å². The number of ether oxygens (including phenoxy) is 4. The lowest BCUT2D eigenvalue weighted by molar-refractivity contribution is -0.308. The van der Waals surface area contributed by atoms with E-state index in [1.54, 1.807) is 80.7 Å². The van der Waals surface area contributed by atoms with Crippen LogP contribution in [0.2, 0.25) is 0 Å². The number of aliphatic hydroxyl groups excluding tert-OH is 9. The van der Waals surface area contributed by atoms with Gasteiger partial charge in [0.25, 0.3) is 0 Å². The highest BCUT2D eigenvalue weighted by Crippen LogP contribution is 2.38. The number of carbonyl (C=O) groups is 2. The standard InChI is InChI=1S/C47H73NO17/c1-27-17-15-13-11-9-7-5-6-8-10-12-14-16-18-34(64-46-44(58)41(48)43(57)30(4)63-46)24-38-40(45(59)60)37(54)26-47(61,65-38)25-33(51)22-36(53)35(52)20-19-31(49)21-32(50)23-39(55)62-29(3)28(2)42(27)56/h5-18,27-38,40-44,46,49-54,56-58,61H,19-26,48H2,1-4H3,(H,59,60)/t27-,28-,29-,30+,31+,32+,33-,34-,35+,36+,37-,38+,40+,41-,42+,43+,44-,46-,47+/m0/s1. The zero-order chi connectivity index (χ0) is 48.4. The van der Waals surface area contributed by atoms with Crippen LogP contribution in [0.1, 0.15) is 79.1 Å². The van der Waals surface area contributed by atoms with Crippen LogP contribution in [-0.4, -0.2) is 166 Å². The van der Waals surface area contributed by atoms with Gasteiger partial charge in [0, 0.05) is 37.5 Å². The van der Waals surface area contributed by atoms with E-state index in [0.29, 0.717) is 0 Å². The van der Waals surface area contributed by atoms with Crippen LogP contribution in [0.15, 0.2) is 85.1 Å². The number of hydrogen-bond donors (Lipinski definition) is 12. The van der Waals surface area contributed by atoms with E-state index in [1.807, 2.05) is 19.1 Å². The number of esters is 1. The summed E-state index contributed by atoms with van der Waals surface area (Å²) < 4.78 is 23.1. The van der Waals surface area contributed by atoms with Gasteiger partial charge in [-0.3, -0.25) is 9.59 Å². The molecule has 2 saturated heterocycles. The molecule has 0 amide bonds. The summed E-state index contributed by atoms with van der Waals surface area (Å²) in [5.41, 5.74) is 6.02. The minimum atomic E-state index is -2.33. The maximum absolute atomic E-state index is 12.6. The van der Waals surface area contributed by atoms with E-state index in [0.717, 1.165) is 0 Å². The lowest BCUT2D eigenvalue weighted by atomic mass is 9.82. The van der Waals surface area contributed by atoms with Crippen LogP contribution < -0.4 is 5.73 Å². The number of allylic oxidation sites excluding steroid dienone is 12. The van der Waals surface area contributed by atoms with Gasteiger partial charge in [-0.1, -0.05) is 98.9 Å². The van der Waals surface area contributed by atoms with Crippen molar-refractivity contribution in [2.75, 3.05) is 0 Å². The number of fused-ring (bicyclic) bond motifs is 2. The van der Waals surface area contributed by atoms with Gasteiger partial charge in [0.2, 0.25) is 0 Å². The van der Waals surface area contributed by atoms with Gasteiger partial charge >= 0.3 is 11.9 Å². The number of carbonyl (C=O) groups excluding carboxylic acids is 1. The molecule has 3 aliphatic rings. The van der Waals surface area contributed by atoms with Crippen LogP contribution in [-0.2, 0) is 28.5 Å². The SMILES string of the molecule is C[C@@H]1[C@H](O)[C@@H](C)C=CC=CC=CC=CC=CC=CC=C[C@H](O[C@@H]2O[C@H](C)[C@@H](O)[C@H](N)[C@@H]2O)C[C@H]2O[C@](O)(C[C@@H](O)C[C@@H](O)[C@H](O)CC[C@@H](O)C[C@@H](O)CC(=O)O[C@H]1C)C[C@H](O)[C@H]2C(=O)O. The monoisotopic (exact) mass is 923 g/mol. The number of hydrogen-bond acceptors (Lipinski definition) is 17. The first kappa shape index (κ1) is 55.9. The zero-order valence-electron chi connectivity index (χ0n) is 37.6. The van der Waals surface area contributed by atoms with Crippen LogP contribution in [0.3, 0.4) is 0 Å². The summed E-state index contributed by atoms with van der Waals surface area (Å²) in [6.07, 6.45) is 3.46. The lowest BCUT2D eigenvalue weighted by Gasteiger charge is -2.45. The number of nitrogens with two attached hydrogens (primary N) is 1. The van der Waals surface area contributed by atoms with E-state index < -0.39 is 147 Å². The van der Waals surface area contributed by atoms with Crippen molar-refractivity contribution in [1.29, 1.82) is 0 Å². The fourth-order valence-corrected chi connectivity index (χ4v) is 7.97. The van der Waals surface area contributed by atoms with Crippen molar-refractivity contribution in [3.8, 4) is 0 Å². The molecule has 18 heteroatoms. The summed E-state index contributed by atoms with van der Waals surface area (Å²) in [6.45, 7) is 6.74. The Balaban J connectivity index is 1.86. The molecule has 13 N–H and O–H groups in total. The summed E-state index contributed by atoms with van der Waals surface area (Å²) in [5, 5.41) is 118. The molecule has 3 aliphatic heterocycles. The molecule has 3 rings (SSSR count). The molecule has 0 spiro atoms. The molecule has 0 aliphatic carbocycles. The first-order valence-electron chi connectivity index (χ1n) is 22.3. The Bertz CT molecular complexity index is 1670. The highest BCUT2D eigenvalue weighted by Gasteiger charge is 2.51. The molecule has 18 nitrogen and oxygen atoms in total. The predicted molar refractivity (Wildman–Crippen MR) is 237 cm³/mol. The fraction of sp³-hybridized carbons (Fsp3) is 0.660. The highest BCUT2D eigenvalue weighted by atomic mass is 16.7. The predicted octanol–water partition coefficient (Wildman–Crippen LogP) is 0.712. The Morgan fingerprint density at radius 1 is 0.662 bits per heavy atom. The van der Waals surface area contributed by atoms with E-state index in [1.165, 1.54) is 13.0 Å². The molecule has 0 aromatic heterocycles. The Morgan fingerprint density at radius 2 is 1.23 bits per heavy atom. The zero-order valence-corrected chi connectivity index (χ0v) is 37.6. The highest BCUT2D eigenvalue weighted by molar-refractivity contribution is 5.71. The Hall–Kier alpha value is -3.44. The molecule has 368 valence electrons. The lowest BCUT2D eigenvalue weighted by Crippen LogP contribution is -2.61. The average molecular weight is 924 g/mol. The van der Waals surface area contributed by atoms with E-state index >= 15 is 0 Å². The maximum atomic E-state index is 12.6. The number of cyclic esters (lactones) is 1. The van der Waals surface area contributed by atoms with Crippen molar-refractivity contribution < 1.29 is 84.7 Å². The quantitative estimate of drug-likeness (QED) is 0.174. The third kappa shape index (κ3) is 18.6. The molecule has 65 heavy (non-hydrogen) atoms. The van der Waals surface area contributed by atoms with Gasteiger partial charge < -0.3 is 80.9 Å². The van der Waals surface area contributed by atoms with Crippen molar-refractivity contribution >= 4 is 11.9 Å². The van der Waals surface area contributed by atoms with Gasteiger partial charge in [-0.15, -0.1) is 0 Å². The molecule has 2 bridgehead atoms. The van der Waals surface area contributed by atoms with Gasteiger partial charge in [-0.25, -0.2) is 0 Å². The second-order valence-electron chi connectivity index (χ2n) is 17.6. The Labute approximate surface area is 381 Å².